The molecule has 1 aromatic rings. The summed E-state index contributed by atoms with van der Waals surface area (Å²) >= 11 is 0. The Labute approximate surface area is 97.1 Å². The number of hydrogen-bond donors (Lipinski definition) is 0. The van der Waals surface area contributed by atoms with Crippen LogP contribution in [0.15, 0.2) is 24.3 Å². The van der Waals surface area contributed by atoms with Gasteiger partial charge < -0.3 is 0 Å². The Balaban J connectivity index is 2.39. The Kier molecular flexibility index (Phi) is 3.04. The molecular weight excluding hydrogens is 222 g/mol. The maximum absolute atomic E-state index is 11.6. The van der Waals surface area contributed by atoms with Gasteiger partial charge in [-0.05, 0) is 30.4 Å². The lowest BCUT2D eigenvalue weighted by atomic mass is 9.88. The molecule has 1 unspecified atom stereocenters. The van der Waals surface area contributed by atoms with Gasteiger partial charge in [-0.2, -0.15) is 4.31 Å². The lowest BCUT2D eigenvalue weighted by Crippen LogP contribution is -2.32. The van der Waals surface area contributed by atoms with Crippen molar-refractivity contribution in [2.24, 2.45) is 0 Å². The molecule has 1 aliphatic rings. The third-order valence-electron chi connectivity index (χ3n) is 3.30. The summed E-state index contributed by atoms with van der Waals surface area (Å²) in [7, 11) is -1.44. The van der Waals surface area contributed by atoms with Crippen LogP contribution in [0.5, 0.6) is 0 Å². The topological polar surface area (TPSA) is 37.4 Å². The molecule has 0 aliphatic heterocycles. The molecule has 0 saturated carbocycles. The first-order chi connectivity index (χ1) is 7.50. The van der Waals surface area contributed by atoms with Crippen LogP contribution in [0.25, 0.3) is 0 Å². The van der Waals surface area contributed by atoms with Crippen LogP contribution >= 0.6 is 0 Å². The van der Waals surface area contributed by atoms with E-state index in [1.54, 1.807) is 7.05 Å². The summed E-state index contributed by atoms with van der Waals surface area (Å²) in [5, 5.41) is 0. The first-order valence-corrected chi connectivity index (χ1v) is 7.36. The predicted molar refractivity (Wildman–Crippen MR) is 64.7 cm³/mol. The van der Waals surface area contributed by atoms with E-state index in [0.29, 0.717) is 0 Å². The summed E-state index contributed by atoms with van der Waals surface area (Å²) in [6, 6.07) is 8.15. The number of fused-ring (bicyclic) bond motifs is 1. The first-order valence-electron chi connectivity index (χ1n) is 5.51. The predicted octanol–water partition coefficient (Wildman–Crippen LogP) is 1.96. The van der Waals surface area contributed by atoms with E-state index in [-0.39, 0.29) is 6.04 Å². The van der Waals surface area contributed by atoms with Crippen molar-refractivity contribution >= 4 is 10.0 Å². The average Bonchev–Trinajstić information content (AvgIpc) is 2.26. The Morgan fingerprint density at radius 3 is 2.69 bits per heavy atom. The van der Waals surface area contributed by atoms with Crippen LogP contribution in [0, 0.1) is 0 Å². The molecule has 0 amide bonds. The fourth-order valence-corrected chi connectivity index (χ4v) is 3.02. The van der Waals surface area contributed by atoms with Gasteiger partial charge >= 0.3 is 0 Å². The largest absolute Gasteiger partial charge is 0.212 e. The molecule has 0 radical (unpaired) electrons. The molecule has 0 bridgehead atoms. The second-order valence-corrected chi connectivity index (χ2v) is 6.43. The molecule has 1 aromatic carbocycles. The van der Waals surface area contributed by atoms with Gasteiger partial charge in [-0.25, -0.2) is 8.42 Å². The van der Waals surface area contributed by atoms with Gasteiger partial charge in [0.05, 0.1) is 6.26 Å². The second kappa shape index (κ2) is 4.18. The minimum absolute atomic E-state index is 0.0138. The van der Waals surface area contributed by atoms with E-state index in [9.17, 15) is 8.42 Å². The molecule has 0 spiro atoms. The maximum atomic E-state index is 11.6. The standard InChI is InChI=1S/C12H17NO2S/c1-13(16(2,14)15)12-9-5-7-10-6-3-4-8-11(10)12/h3-4,6,8,12H,5,7,9H2,1-2H3. The molecule has 0 aromatic heterocycles. The van der Waals surface area contributed by atoms with Crippen molar-refractivity contribution in [2.45, 2.75) is 25.3 Å². The van der Waals surface area contributed by atoms with Crippen LogP contribution in [-0.4, -0.2) is 26.0 Å². The summed E-state index contributed by atoms with van der Waals surface area (Å²) in [5.74, 6) is 0. The summed E-state index contributed by atoms with van der Waals surface area (Å²) in [5.41, 5.74) is 2.45. The lowest BCUT2D eigenvalue weighted by molar-refractivity contribution is 0.339. The van der Waals surface area contributed by atoms with E-state index in [4.69, 9.17) is 0 Å². The summed E-state index contributed by atoms with van der Waals surface area (Å²) in [4.78, 5) is 0. The highest BCUT2D eigenvalue weighted by Crippen LogP contribution is 2.34. The van der Waals surface area contributed by atoms with Crippen molar-refractivity contribution < 1.29 is 8.42 Å². The highest BCUT2D eigenvalue weighted by Gasteiger charge is 2.27. The van der Waals surface area contributed by atoms with Gasteiger partial charge in [0.2, 0.25) is 10.0 Å². The first kappa shape index (κ1) is 11.6. The molecule has 88 valence electrons. The normalized spacial score (nSPS) is 20.8. The van der Waals surface area contributed by atoms with Gasteiger partial charge in [-0.3, -0.25) is 0 Å². The van der Waals surface area contributed by atoms with Crippen LogP contribution < -0.4 is 0 Å². The maximum Gasteiger partial charge on any atom is 0.211 e. The number of aryl methyl sites for hydroxylation is 1. The molecular formula is C12H17NO2S. The van der Waals surface area contributed by atoms with Gasteiger partial charge in [0, 0.05) is 13.1 Å². The Bertz CT molecular complexity index is 482. The van der Waals surface area contributed by atoms with Crippen molar-refractivity contribution in [2.75, 3.05) is 13.3 Å². The smallest absolute Gasteiger partial charge is 0.211 e. The fourth-order valence-electron chi connectivity index (χ4n) is 2.34. The van der Waals surface area contributed by atoms with Crippen LogP contribution in [0.4, 0.5) is 0 Å². The zero-order valence-corrected chi connectivity index (χ0v) is 10.5. The van der Waals surface area contributed by atoms with E-state index in [1.165, 1.54) is 21.7 Å². The molecule has 4 heteroatoms. The average molecular weight is 239 g/mol. The van der Waals surface area contributed by atoms with Crippen LogP contribution in [0.1, 0.15) is 30.0 Å². The number of rotatable bonds is 2. The molecule has 0 N–H and O–H groups in total. The molecule has 0 heterocycles. The highest BCUT2D eigenvalue weighted by atomic mass is 32.2. The van der Waals surface area contributed by atoms with Crippen LogP contribution in [-0.2, 0) is 16.4 Å². The van der Waals surface area contributed by atoms with Crippen LogP contribution in [0.3, 0.4) is 0 Å². The van der Waals surface area contributed by atoms with Crippen molar-refractivity contribution in [3.05, 3.63) is 35.4 Å². The van der Waals surface area contributed by atoms with Gasteiger partial charge in [0.1, 0.15) is 0 Å². The van der Waals surface area contributed by atoms with Gasteiger partial charge in [0.25, 0.3) is 0 Å². The quantitative estimate of drug-likeness (QED) is 0.791. The third kappa shape index (κ3) is 2.13. The molecule has 0 saturated heterocycles. The van der Waals surface area contributed by atoms with E-state index >= 15 is 0 Å². The van der Waals surface area contributed by atoms with E-state index in [1.807, 2.05) is 18.2 Å². The monoisotopic (exact) mass is 239 g/mol. The number of sulfonamides is 1. The Morgan fingerprint density at radius 1 is 1.31 bits per heavy atom. The summed E-state index contributed by atoms with van der Waals surface area (Å²) < 4.78 is 24.6. The van der Waals surface area contributed by atoms with Crippen LogP contribution in [0.2, 0.25) is 0 Å². The summed E-state index contributed by atoms with van der Waals surface area (Å²) in [6.07, 6.45) is 4.30. The number of benzene rings is 1. The number of hydrogen-bond acceptors (Lipinski definition) is 2. The Hall–Kier alpha value is -0.870. The van der Waals surface area contributed by atoms with Crippen molar-refractivity contribution in [1.82, 2.24) is 4.31 Å². The highest BCUT2D eigenvalue weighted by molar-refractivity contribution is 7.88. The fraction of sp³-hybridized carbons (Fsp3) is 0.500. The zero-order chi connectivity index (χ0) is 11.8. The van der Waals surface area contributed by atoms with Gasteiger partial charge in [0.15, 0.2) is 0 Å². The molecule has 3 nitrogen and oxygen atoms in total. The second-order valence-electron chi connectivity index (χ2n) is 4.39. The van der Waals surface area contributed by atoms with Crippen molar-refractivity contribution in [3.63, 3.8) is 0 Å². The lowest BCUT2D eigenvalue weighted by Gasteiger charge is -2.31. The molecule has 2 rings (SSSR count). The third-order valence-corrected chi connectivity index (χ3v) is 4.60. The van der Waals surface area contributed by atoms with Crippen molar-refractivity contribution in [1.29, 1.82) is 0 Å². The van der Waals surface area contributed by atoms with E-state index < -0.39 is 10.0 Å². The minimum Gasteiger partial charge on any atom is -0.212 e. The Morgan fingerprint density at radius 2 is 2.00 bits per heavy atom. The molecule has 1 atom stereocenters. The molecule has 16 heavy (non-hydrogen) atoms. The van der Waals surface area contributed by atoms with E-state index in [0.717, 1.165) is 19.3 Å². The van der Waals surface area contributed by atoms with Crippen molar-refractivity contribution in [3.8, 4) is 0 Å². The number of nitrogens with zero attached hydrogens (tertiary/aromatic N) is 1. The zero-order valence-electron chi connectivity index (χ0n) is 9.68. The summed E-state index contributed by atoms with van der Waals surface area (Å²) in [6.45, 7) is 0. The molecule has 0 fully saturated rings. The van der Waals surface area contributed by atoms with Gasteiger partial charge in [-0.1, -0.05) is 24.3 Å². The van der Waals surface area contributed by atoms with Gasteiger partial charge in [-0.15, -0.1) is 0 Å². The SMILES string of the molecule is CN(C1CCCc2ccccc21)S(C)(=O)=O. The minimum atomic E-state index is -3.11. The molecule has 1 aliphatic carbocycles. The van der Waals surface area contributed by atoms with E-state index in [2.05, 4.69) is 6.07 Å².